The van der Waals surface area contributed by atoms with Crippen LogP contribution in [0, 0.1) is 13.8 Å². The average molecular weight is 1010 g/mol. The normalized spacial score (nSPS) is 12.6. The Morgan fingerprint density at radius 3 is 1.53 bits per heavy atom. The van der Waals surface area contributed by atoms with Crippen molar-refractivity contribution in [1.29, 1.82) is 0 Å². The highest BCUT2D eigenvalue weighted by molar-refractivity contribution is 6.27. The summed E-state index contributed by atoms with van der Waals surface area (Å²) in [4.78, 5) is 4.83. The van der Waals surface area contributed by atoms with Crippen LogP contribution < -0.4 is 9.80 Å². The molecule has 0 saturated carbocycles. The first-order valence-electron chi connectivity index (χ1n) is 27.7. The van der Waals surface area contributed by atoms with Crippen molar-refractivity contribution in [1.82, 2.24) is 4.40 Å². The van der Waals surface area contributed by atoms with Gasteiger partial charge < -0.3 is 18.6 Å². The lowest BCUT2D eigenvalue weighted by Gasteiger charge is -2.28. The Hall–Kier alpha value is -9.64. The number of hydrogen-bond donors (Lipinski definition) is 0. The third-order valence-corrected chi connectivity index (χ3v) is 17.3. The summed E-state index contributed by atoms with van der Waals surface area (Å²) in [5.41, 5.74) is 23.9. The first kappa shape index (κ1) is 45.5. The van der Waals surface area contributed by atoms with E-state index >= 15 is 0 Å². The highest BCUT2D eigenvalue weighted by atomic mass is 16.3. The second-order valence-electron chi connectivity index (χ2n) is 23.0. The Balaban J connectivity index is 0.920. The van der Waals surface area contributed by atoms with Crippen LogP contribution in [0.25, 0.3) is 104 Å². The summed E-state index contributed by atoms with van der Waals surface area (Å²) in [6, 6.07) is 86.0. The number of benzene rings is 12. The molecule has 0 bridgehead atoms. The van der Waals surface area contributed by atoms with Crippen LogP contribution in [0.15, 0.2) is 235 Å². The predicted molar refractivity (Wildman–Crippen MR) is 335 cm³/mol. The molecule has 0 fully saturated rings. The SMILES string of the molecule is Cc1cccc2c1Cc1c-2cccc1N(c1ccccc1)c1ccc2cc3c4cc(-c5ccc(C(C)(C)C)cc5)cc5c6cc7ccc(N(c8ccccc8)c8cccc9c8oc8c(C)cccc89)cc7cc6n(c3cc2c1)c45. The summed E-state index contributed by atoms with van der Waals surface area (Å²) in [6.07, 6.45) is 0.910. The van der Waals surface area contributed by atoms with E-state index in [1.54, 1.807) is 0 Å². The Kier molecular flexibility index (Phi) is 9.76. The monoisotopic (exact) mass is 1010 g/mol. The fraction of sp³-hybridized carbons (Fsp3) is 0.0933. The summed E-state index contributed by atoms with van der Waals surface area (Å²) >= 11 is 0. The van der Waals surface area contributed by atoms with Gasteiger partial charge in [-0.05, 0) is 188 Å². The summed E-state index contributed by atoms with van der Waals surface area (Å²) in [5, 5.41) is 12.0. The van der Waals surface area contributed by atoms with Gasteiger partial charge in [-0.3, -0.25) is 0 Å². The number of nitrogens with zero attached hydrogens (tertiary/aromatic N) is 3. The van der Waals surface area contributed by atoms with Crippen molar-refractivity contribution in [3.8, 4) is 22.3 Å². The van der Waals surface area contributed by atoms with Gasteiger partial charge in [0.2, 0.25) is 0 Å². The minimum Gasteiger partial charge on any atom is -0.454 e. The van der Waals surface area contributed by atoms with E-state index in [1.165, 1.54) is 110 Å². The van der Waals surface area contributed by atoms with Crippen molar-refractivity contribution in [2.45, 2.75) is 46.5 Å². The molecule has 4 nitrogen and oxygen atoms in total. The number of rotatable bonds is 7. The van der Waals surface area contributed by atoms with Crippen molar-refractivity contribution in [2.24, 2.45) is 0 Å². The molecule has 0 spiro atoms. The maximum atomic E-state index is 6.83. The van der Waals surface area contributed by atoms with Crippen molar-refractivity contribution < 1.29 is 4.42 Å². The maximum absolute atomic E-state index is 6.83. The highest BCUT2D eigenvalue weighted by Crippen LogP contribution is 2.50. The summed E-state index contributed by atoms with van der Waals surface area (Å²) in [7, 11) is 0. The van der Waals surface area contributed by atoms with E-state index in [2.05, 4.69) is 279 Å². The number of aryl methyl sites for hydroxylation is 2. The standard InChI is InChI=1S/C75H55N3O/c1-45-16-12-22-58-59-23-14-26-68(65(59)44-62(45)58)76(54-18-8-6-9-19-54)56-34-30-48-38-63-66-40-52(47-28-32-53(33-29-47)75(3,4)5)41-67-64-39-49-31-35-57(37-51(49)43-71(64)78(72(66)67)70(63)42-50(48)36-56)77(55-20-10-7-11-21-55)69-27-15-25-61-60-24-13-17-46(2)73(60)79-74(61)69/h6-43H,44H2,1-5H3. The molecular formula is C75H55N3O. The lowest BCUT2D eigenvalue weighted by molar-refractivity contribution is 0.590. The largest absolute Gasteiger partial charge is 0.454 e. The summed E-state index contributed by atoms with van der Waals surface area (Å²) in [5.74, 6) is 0. The Morgan fingerprint density at radius 1 is 0.380 bits per heavy atom. The van der Waals surface area contributed by atoms with Gasteiger partial charge in [0, 0.05) is 61.5 Å². The van der Waals surface area contributed by atoms with Gasteiger partial charge in [-0.15, -0.1) is 0 Å². The fourth-order valence-corrected chi connectivity index (χ4v) is 13.3. The molecule has 4 heteroatoms. The van der Waals surface area contributed by atoms with Gasteiger partial charge in [0.1, 0.15) is 5.58 Å². The second-order valence-corrected chi connectivity index (χ2v) is 23.0. The van der Waals surface area contributed by atoms with Crippen LogP contribution in [0.4, 0.5) is 34.1 Å². The lowest BCUT2D eigenvalue weighted by atomic mass is 9.86. The van der Waals surface area contributed by atoms with Crippen LogP contribution in [0.1, 0.15) is 48.6 Å². The van der Waals surface area contributed by atoms with Gasteiger partial charge in [0.05, 0.1) is 27.9 Å². The summed E-state index contributed by atoms with van der Waals surface area (Å²) < 4.78 is 9.39. The molecule has 0 atom stereocenters. The fourth-order valence-electron chi connectivity index (χ4n) is 13.3. The number of aromatic nitrogens is 1. The number of para-hydroxylation sites is 4. The van der Waals surface area contributed by atoms with E-state index in [9.17, 15) is 0 Å². The van der Waals surface area contributed by atoms with E-state index in [-0.39, 0.29) is 5.41 Å². The van der Waals surface area contributed by atoms with Crippen LogP contribution in [-0.2, 0) is 11.8 Å². The maximum Gasteiger partial charge on any atom is 0.159 e. The van der Waals surface area contributed by atoms with Crippen LogP contribution in [0.5, 0.6) is 0 Å². The van der Waals surface area contributed by atoms with Crippen LogP contribution in [-0.4, -0.2) is 4.40 Å². The molecule has 0 N–H and O–H groups in total. The zero-order valence-corrected chi connectivity index (χ0v) is 44.9. The van der Waals surface area contributed by atoms with Gasteiger partial charge in [0.15, 0.2) is 5.58 Å². The highest BCUT2D eigenvalue weighted by Gasteiger charge is 2.28. The van der Waals surface area contributed by atoms with Crippen molar-refractivity contribution in [2.75, 3.05) is 9.80 Å². The van der Waals surface area contributed by atoms with Gasteiger partial charge in [-0.25, -0.2) is 0 Å². The van der Waals surface area contributed by atoms with Gasteiger partial charge in [0.25, 0.3) is 0 Å². The van der Waals surface area contributed by atoms with Gasteiger partial charge in [-0.1, -0.05) is 154 Å². The Labute approximate surface area is 459 Å². The molecule has 0 saturated heterocycles. The first-order chi connectivity index (χ1) is 38.6. The lowest BCUT2D eigenvalue weighted by Crippen LogP contribution is -2.12. The minimum atomic E-state index is 0.0625. The molecule has 0 aliphatic heterocycles. The first-order valence-corrected chi connectivity index (χ1v) is 27.7. The molecule has 15 aromatic rings. The smallest absolute Gasteiger partial charge is 0.159 e. The summed E-state index contributed by atoms with van der Waals surface area (Å²) in [6.45, 7) is 11.2. The molecule has 16 rings (SSSR count). The van der Waals surface area contributed by atoms with E-state index in [4.69, 9.17) is 4.42 Å². The predicted octanol–water partition coefficient (Wildman–Crippen LogP) is 21.1. The van der Waals surface area contributed by atoms with E-state index < -0.39 is 0 Å². The molecule has 12 aromatic carbocycles. The zero-order valence-electron chi connectivity index (χ0n) is 44.9. The Morgan fingerprint density at radius 2 is 0.911 bits per heavy atom. The molecule has 0 radical (unpaired) electrons. The number of fused-ring (bicyclic) bond motifs is 14. The average Bonchev–Trinajstić information content (AvgIpc) is 3.98. The van der Waals surface area contributed by atoms with Crippen LogP contribution >= 0.6 is 0 Å². The van der Waals surface area contributed by atoms with E-state index in [1.807, 2.05) is 0 Å². The molecular weight excluding hydrogens is 959 g/mol. The Bertz CT molecular complexity index is 4980. The number of furan rings is 1. The number of anilines is 6. The van der Waals surface area contributed by atoms with E-state index in [0.29, 0.717) is 0 Å². The molecule has 1 aliphatic carbocycles. The van der Waals surface area contributed by atoms with Crippen LogP contribution in [0.3, 0.4) is 0 Å². The van der Waals surface area contributed by atoms with Gasteiger partial charge in [-0.2, -0.15) is 0 Å². The van der Waals surface area contributed by atoms with E-state index in [0.717, 1.165) is 62.4 Å². The minimum absolute atomic E-state index is 0.0625. The van der Waals surface area contributed by atoms with Crippen LogP contribution in [0.2, 0.25) is 0 Å². The topological polar surface area (TPSA) is 24.0 Å². The zero-order chi connectivity index (χ0) is 52.8. The molecule has 0 unspecified atom stereocenters. The molecule has 376 valence electrons. The molecule has 1 aliphatic rings. The van der Waals surface area contributed by atoms with Crippen molar-refractivity contribution in [3.63, 3.8) is 0 Å². The molecule has 79 heavy (non-hydrogen) atoms. The van der Waals surface area contributed by atoms with Crippen molar-refractivity contribution >= 4 is 116 Å². The van der Waals surface area contributed by atoms with Crippen molar-refractivity contribution in [3.05, 3.63) is 258 Å². The third-order valence-electron chi connectivity index (χ3n) is 17.3. The molecule has 3 aromatic heterocycles. The second kappa shape index (κ2) is 16.9. The number of hydrogen-bond acceptors (Lipinski definition) is 3. The molecule has 3 heterocycles. The quantitative estimate of drug-likeness (QED) is 0.159. The third kappa shape index (κ3) is 6.93. The van der Waals surface area contributed by atoms with Gasteiger partial charge >= 0.3 is 0 Å². The molecule has 0 amide bonds.